The molecule has 2 aromatic carbocycles. The van der Waals surface area contributed by atoms with E-state index < -0.39 is 5.38 Å². The summed E-state index contributed by atoms with van der Waals surface area (Å²) >= 11 is 10.0. The van der Waals surface area contributed by atoms with Gasteiger partial charge in [-0.1, -0.05) is 22.0 Å². The van der Waals surface area contributed by atoms with Crippen LogP contribution in [0.2, 0.25) is 0 Å². The summed E-state index contributed by atoms with van der Waals surface area (Å²) in [5.74, 6) is -0.287. The SMILES string of the molecule is Cc1cc(F)ccc1C(Cl)c1cc2[nH]c(=O)[nH]c2cc1Br. The van der Waals surface area contributed by atoms with E-state index in [0.29, 0.717) is 11.0 Å². The van der Waals surface area contributed by atoms with Gasteiger partial charge in [0, 0.05) is 4.47 Å². The van der Waals surface area contributed by atoms with Crippen LogP contribution in [-0.2, 0) is 0 Å². The highest BCUT2D eigenvalue weighted by Gasteiger charge is 2.18. The number of hydrogen-bond acceptors (Lipinski definition) is 1. The van der Waals surface area contributed by atoms with Crippen LogP contribution < -0.4 is 5.69 Å². The first-order valence-corrected chi connectivity index (χ1v) is 7.50. The summed E-state index contributed by atoms with van der Waals surface area (Å²) in [7, 11) is 0. The van der Waals surface area contributed by atoms with Gasteiger partial charge in [-0.05, 0) is 47.9 Å². The average molecular weight is 370 g/mol. The largest absolute Gasteiger partial charge is 0.323 e. The van der Waals surface area contributed by atoms with Crippen LogP contribution in [0.25, 0.3) is 11.0 Å². The number of nitrogens with one attached hydrogen (secondary N) is 2. The molecule has 21 heavy (non-hydrogen) atoms. The van der Waals surface area contributed by atoms with Crippen molar-refractivity contribution in [1.82, 2.24) is 9.97 Å². The van der Waals surface area contributed by atoms with E-state index in [9.17, 15) is 9.18 Å². The lowest BCUT2D eigenvalue weighted by Crippen LogP contribution is -1.99. The minimum absolute atomic E-state index is 0.266. The molecule has 1 heterocycles. The van der Waals surface area contributed by atoms with E-state index in [1.54, 1.807) is 12.1 Å². The second kappa shape index (κ2) is 5.31. The number of aromatic nitrogens is 2. The molecule has 0 amide bonds. The minimum Gasteiger partial charge on any atom is -0.306 e. The molecule has 3 nitrogen and oxygen atoms in total. The smallest absolute Gasteiger partial charge is 0.306 e. The Hall–Kier alpha value is -1.59. The van der Waals surface area contributed by atoms with Gasteiger partial charge in [0.05, 0.1) is 16.4 Å². The second-order valence-corrected chi connectivity index (χ2v) is 6.15. The normalized spacial score (nSPS) is 12.8. The monoisotopic (exact) mass is 368 g/mol. The van der Waals surface area contributed by atoms with Gasteiger partial charge in [-0.3, -0.25) is 0 Å². The van der Waals surface area contributed by atoms with E-state index >= 15 is 0 Å². The van der Waals surface area contributed by atoms with Gasteiger partial charge in [0.15, 0.2) is 0 Å². The molecule has 6 heteroatoms. The lowest BCUT2D eigenvalue weighted by atomic mass is 9.99. The molecule has 1 atom stereocenters. The van der Waals surface area contributed by atoms with Gasteiger partial charge in [-0.15, -0.1) is 11.6 Å². The van der Waals surface area contributed by atoms with Crippen LogP contribution in [0, 0.1) is 12.7 Å². The molecule has 0 aliphatic carbocycles. The summed E-state index contributed by atoms with van der Waals surface area (Å²) in [5, 5.41) is -0.442. The number of aryl methyl sites for hydroxylation is 1. The van der Waals surface area contributed by atoms with Gasteiger partial charge < -0.3 is 9.97 Å². The number of H-pyrrole nitrogens is 2. The Balaban J connectivity index is 2.14. The minimum atomic E-state index is -0.442. The van der Waals surface area contributed by atoms with Crippen molar-refractivity contribution in [3.05, 3.63) is 67.8 Å². The van der Waals surface area contributed by atoms with Crippen LogP contribution in [0.3, 0.4) is 0 Å². The van der Waals surface area contributed by atoms with Gasteiger partial charge in [0.25, 0.3) is 0 Å². The molecular weight excluding hydrogens is 359 g/mol. The van der Waals surface area contributed by atoms with Crippen LogP contribution in [0.5, 0.6) is 0 Å². The zero-order valence-electron chi connectivity index (χ0n) is 11.0. The summed E-state index contributed by atoms with van der Waals surface area (Å²) in [6.45, 7) is 1.82. The maximum absolute atomic E-state index is 13.2. The summed E-state index contributed by atoms with van der Waals surface area (Å²) in [5.41, 5.74) is 3.55. The van der Waals surface area contributed by atoms with Crippen LogP contribution in [0.15, 0.2) is 39.6 Å². The number of alkyl halides is 1. The zero-order chi connectivity index (χ0) is 15.1. The third kappa shape index (κ3) is 2.63. The molecule has 0 fully saturated rings. The van der Waals surface area contributed by atoms with Crippen molar-refractivity contribution in [2.24, 2.45) is 0 Å². The number of fused-ring (bicyclic) bond motifs is 1. The number of hydrogen-bond donors (Lipinski definition) is 2. The van der Waals surface area contributed by atoms with Crippen LogP contribution in [0.1, 0.15) is 22.1 Å². The molecule has 1 unspecified atom stereocenters. The van der Waals surface area contributed by atoms with Gasteiger partial charge in [0.2, 0.25) is 0 Å². The quantitative estimate of drug-likeness (QED) is 0.647. The molecule has 108 valence electrons. The number of imidazole rings is 1. The van der Waals surface area contributed by atoms with Crippen LogP contribution in [-0.4, -0.2) is 9.97 Å². The predicted octanol–water partition coefficient (Wildman–Crippen LogP) is 4.39. The fraction of sp³-hybridized carbons (Fsp3) is 0.133. The fourth-order valence-corrected chi connectivity index (χ4v) is 3.49. The van der Waals surface area contributed by atoms with Crippen molar-refractivity contribution in [3.63, 3.8) is 0 Å². The Labute approximate surface area is 133 Å². The molecule has 0 saturated carbocycles. The first-order chi connectivity index (χ1) is 9.95. The highest BCUT2D eigenvalue weighted by atomic mass is 79.9. The predicted molar refractivity (Wildman–Crippen MR) is 85.5 cm³/mol. The first-order valence-electron chi connectivity index (χ1n) is 6.27. The van der Waals surface area contributed by atoms with Crippen molar-refractivity contribution in [1.29, 1.82) is 0 Å². The average Bonchev–Trinajstić information content (AvgIpc) is 2.76. The summed E-state index contributed by atoms with van der Waals surface area (Å²) in [6, 6.07) is 8.14. The van der Waals surface area contributed by atoms with E-state index in [1.807, 2.05) is 13.0 Å². The number of benzene rings is 2. The molecule has 0 radical (unpaired) electrons. The number of halogens is 3. The molecule has 3 rings (SSSR count). The van der Waals surface area contributed by atoms with E-state index in [-0.39, 0.29) is 11.5 Å². The van der Waals surface area contributed by atoms with Gasteiger partial charge >= 0.3 is 5.69 Å². The maximum Gasteiger partial charge on any atom is 0.323 e. The second-order valence-electron chi connectivity index (χ2n) is 4.86. The van der Waals surface area contributed by atoms with Gasteiger partial charge in [-0.2, -0.15) is 0 Å². The van der Waals surface area contributed by atoms with Crippen molar-refractivity contribution in [2.75, 3.05) is 0 Å². The van der Waals surface area contributed by atoms with E-state index in [1.165, 1.54) is 12.1 Å². The highest BCUT2D eigenvalue weighted by Crippen LogP contribution is 2.36. The molecular formula is C15H11BrClFN2O. The lowest BCUT2D eigenvalue weighted by molar-refractivity contribution is 0.625. The molecule has 2 N–H and O–H groups in total. The zero-order valence-corrected chi connectivity index (χ0v) is 13.3. The van der Waals surface area contributed by atoms with Crippen LogP contribution >= 0.6 is 27.5 Å². The lowest BCUT2D eigenvalue weighted by Gasteiger charge is -2.15. The fourth-order valence-electron chi connectivity index (χ4n) is 2.36. The van der Waals surface area contributed by atoms with Crippen LogP contribution in [0.4, 0.5) is 4.39 Å². The first kappa shape index (κ1) is 14.4. The van der Waals surface area contributed by atoms with Crippen molar-refractivity contribution >= 4 is 38.6 Å². The van der Waals surface area contributed by atoms with Crippen molar-refractivity contribution in [2.45, 2.75) is 12.3 Å². The molecule has 0 aliphatic rings. The third-order valence-corrected chi connectivity index (χ3v) is 4.57. The van der Waals surface area contributed by atoms with Crippen molar-refractivity contribution in [3.8, 4) is 0 Å². The molecule has 0 aliphatic heterocycles. The molecule has 1 aromatic heterocycles. The Bertz CT molecular complexity index is 887. The Morgan fingerprint density at radius 1 is 1.14 bits per heavy atom. The Morgan fingerprint density at radius 3 is 2.48 bits per heavy atom. The summed E-state index contributed by atoms with van der Waals surface area (Å²) < 4.78 is 14.0. The maximum atomic E-state index is 13.2. The summed E-state index contributed by atoms with van der Waals surface area (Å²) in [6.07, 6.45) is 0. The summed E-state index contributed by atoms with van der Waals surface area (Å²) in [4.78, 5) is 16.7. The Kier molecular flexibility index (Phi) is 3.63. The van der Waals surface area contributed by atoms with Gasteiger partial charge in [-0.25, -0.2) is 9.18 Å². The molecule has 0 bridgehead atoms. The van der Waals surface area contributed by atoms with E-state index in [4.69, 9.17) is 11.6 Å². The van der Waals surface area contributed by atoms with Gasteiger partial charge in [0.1, 0.15) is 5.82 Å². The topological polar surface area (TPSA) is 48.6 Å². The van der Waals surface area contributed by atoms with Crippen molar-refractivity contribution < 1.29 is 4.39 Å². The third-order valence-electron chi connectivity index (χ3n) is 3.41. The highest BCUT2D eigenvalue weighted by molar-refractivity contribution is 9.10. The van der Waals surface area contributed by atoms with E-state index in [2.05, 4.69) is 25.9 Å². The molecule has 3 aromatic rings. The number of aromatic amines is 2. The standard InChI is InChI=1S/C15H11BrClFN2O/c1-7-4-8(18)2-3-9(7)14(17)10-5-12-13(6-11(10)16)20-15(21)19-12/h2-6,14H,1H3,(H2,19,20,21). The molecule has 0 saturated heterocycles. The van der Waals surface area contributed by atoms with E-state index in [0.717, 1.165) is 21.2 Å². The number of rotatable bonds is 2. The molecule has 0 spiro atoms. The Morgan fingerprint density at radius 2 is 1.81 bits per heavy atom.